The molecule has 0 radical (unpaired) electrons. The van der Waals surface area contributed by atoms with Crippen LogP contribution in [0.25, 0.3) is 0 Å². The van der Waals surface area contributed by atoms with Gasteiger partial charge in [-0.25, -0.2) is 0 Å². The summed E-state index contributed by atoms with van der Waals surface area (Å²) < 4.78 is 0. The van der Waals surface area contributed by atoms with Crippen LogP contribution in [-0.2, 0) is 6.54 Å². The molecule has 0 saturated carbocycles. The van der Waals surface area contributed by atoms with E-state index in [2.05, 4.69) is 41.1 Å². The molecule has 0 aliphatic carbocycles. The summed E-state index contributed by atoms with van der Waals surface area (Å²) in [6, 6.07) is 8.82. The summed E-state index contributed by atoms with van der Waals surface area (Å²) in [5.74, 6) is 0. The molecule has 1 aliphatic heterocycles. The minimum Gasteiger partial charge on any atom is -0.372 e. The molecule has 0 amide bonds. The van der Waals surface area contributed by atoms with Gasteiger partial charge in [0, 0.05) is 36.9 Å². The zero-order valence-electron chi connectivity index (χ0n) is 10.8. The third kappa shape index (κ3) is 4.04. The number of benzene rings is 1. The van der Waals surface area contributed by atoms with E-state index in [-0.39, 0.29) is 0 Å². The Morgan fingerprint density at radius 1 is 1.17 bits per heavy atom. The summed E-state index contributed by atoms with van der Waals surface area (Å²) in [4.78, 5) is 2.47. The van der Waals surface area contributed by atoms with Crippen LogP contribution in [0, 0.1) is 0 Å². The predicted octanol–water partition coefficient (Wildman–Crippen LogP) is 3.52. The van der Waals surface area contributed by atoms with E-state index in [0.29, 0.717) is 11.6 Å². The zero-order valence-corrected chi connectivity index (χ0v) is 11.5. The van der Waals surface area contributed by atoms with Crippen LogP contribution in [0.1, 0.15) is 24.8 Å². The Balaban J connectivity index is 1.86. The quantitative estimate of drug-likeness (QED) is 0.875. The van der Waals surface area contributed by atoms with Gasteiger partial charge in [-0.15, -0.1) is 0 Å². The van der Waals surface area contributed by atoms with E-state index in [9.17, 15) is 0 Å². The van der Waals surface area contributed by atoms with Crippen molar-refractivity contribution in [3.8, 4) is 0 Å². The molecule has 0 unspecified atom stereocenters. The molecule has 2 rings (SSSR count). The molecule has 3 heteroatoms. The lowest BCUT2D eigenvalue weighted by Gasteiger charge is -2.28. The van der Waals surface area contributed by atoms with Crippen LogP contribution in [0.3, 0.4) is 0 Å². The average molecular weight is 265 g/mol. The second-order valence-electron chi connectivity index (χ2n) is 4.83. The fourth-order valence-electron chi connectivity index (χ4n) is 2.32. The number of hydrogen-bond acceptors (Lipinski definition) is 2. The molecule has 1 fully saturated rings. The van der Waals surface area contributed by atoms with Crippen LogP contribution < -0.4 is 10.2 Å². The number of anilines is 1. The summed E-state index contributed by atoms with van der Waals surface area (Å²) in [6.45, 7) is 7.56. The normalized spacial score (nSPS) is 15.7. The summed E-state index contributed by atoms with van der Waals surface area (Å²) in [6.07, 6.45) is 4.02. The number of nitrogens with one attached hydrogen (secondary N) is 1. The minimum absolute atomic E-state index is 0.653. The second kappa shape index (κ2) is 6.81. The van der Waals surface area contributed by atoms with E-state index in [1.54, 1.807) is 0 Å². The number of hydrogen-bond donors (Lipinski definition) is 1. The van der Waals surface area contributed by atoms with E-state index in [0.717, 1.165) is 6.54 Å². The maximum atomic E-state index is 5.71. The summed E-state index contributed by atoms with van der Waals surface area (Å²) in [5, 5.41) is 3.91. The van der Waals surface area contributed by atoms with Crippen molar-refractivity contribution in [3.05, 3.63) is 41.4 Å². The largest absolute Gasteiger partial charge is 0.372 e. The first-order valence-electron chi connectivity index (χ1n) is 6.63. The number of rotatable bonds is 5. The van der Waals surface area contributed by atoms with Crippen LogP contribution in [-0.4, -0.2) is 19.6 Å². The van der Waals surface area contributed by atoms with Crippen molar-refractivity contribution in [2.45, 2.75) is 25.8 Å². The van der Waals surface area contributed by atoms with Gasteiger partial charge in [-0.05, 0) is 37.0 Å². The standard InChI is InChI=1S/C15H21ClN2/c1-13(16)11-17-12-14-5-7-15(8-6-14)18-9-3-2-4-10-18/h5-8,17H,1-4,9-12H2. The van der Waals surface area contributed by atoms with Gasteiger partial charge in [-0.2, -0.15) is 0 Å². The Morgan fingerprint density at radius 2 is 1.83 bits per heavy atom. The SMILES string of the molecule is C=C(Cl)CNCc1ccc(N2CCCCC2)cc1. The highest BCUT2D eigenvalue weighted by Gasteiger charge is 2.10. The van der Waals surface area contributed by atoms with Gasteiger partial charge in [0.1, 0.15) is 0 Å². The van der Waals surface area contributed by atoms with Crippen LogP contribution >= 0.6 is 11.6 Å². The van der Waals surface area contributed by atoms with Crippen molar-refractivity contribution < 1.29 is 0 Å². The first-order chi connectivity index (χ1) is 8.75. The highest BCUT2D eigenvalue weighted by molar-refractivity contribution is 6.29. The highest BCUT2D eigenvalue weighted by Crippen LogP contribution is 2.20. The maximum absolute atomic E-state index is 5.71. The summed E-state index contributed by atoms with van der Waals surface area (Å²) >= 11 is 5.71. The number of halogens is 1. The van der Waals surface area contributed by atoms with Gasteiger partial charge >= 0.3 is 0 Å². The Bertz CT molecular complexity index is 380. The van der Waals surface area contributed by atoms with Crippen molar-refractivity contribution in [2.75, 3.05) is 24.5 Å². The van der Waals surface area contributed by atoms with Crippen LogP contribution in [0.5, 0.6) is 0 Å². The van der Waals surface area contributed by atoms with Crippen molar-refractivity contribution in [3.63, 3.8) is 0 Å². The molecular formula is C15H21ClN2. The van der Waals surface area contributed by atoms with Gasteiger partial charge in [0.15, 0.2) is 0 Å². The van der Waals surface area contributed by atoms with E-state index in [1.807, 2.05) is 0 Å². The molecule has 98 valence electrons. The molecular weight excluding hydrogens is 244 g/mol. The number of piperidine rings is 1. The smallest absolute Gasteiger partial charge is 0.0366 e. The van der Waals surface area contributed by atoms with Gasteiger partial charge in [-0.1, -0.05) is 30.3 Å². The van der Waals surface area contributed by atoms with Crippen molar-refractivity contribution in [2.24, 2.45) is 0 Å². The molecule has 18 heavy (non-hydrogen) atoms. The fraction of sp³-hybridized carbons (Fsp3) is 0.467. The Morgan fingerprint density at radius 3 is 2.44 bits per heavy atom. The average Bonchev–Trinajstić information content (AvgIpc) is 2.40. The molecule has 1 heterocycles. The van der Waals surface area contributed by atoms with Crippen LogP contribution in [0.4, 0.5) is 5.69 Å². The molecule has 1 aliphatic rings. The van der Waals surface area contributed by atoms with Gasteiger partial charge in [0.2, 0.25) is 0 Å². The lowest BCUT2D eigenvalue weighted by Crippen LogP contribution is -2.29. The monoisotopic (exact) mass is 264 g/mol. The van der Waals surface area contributed by atoms with Gasteiger partial charge < -0.3 is 10.2 Å². The van der Waals surface area contributed by atoms with Crippen molar-refractivity contribution in [1.82, 2.24) is 5.32 Å². The number of nitrogens with zero attached hydrogens (tertiary/aromatic N) is 1. The molecule has 0 bridgehead atoms. The molecule has 0 spiro atoms. The maximum Gasteiger partial charge on any atom is 0.0366 e. The first kappa shape index (κ1) is 13.4. The Kier molecular flexibility index (Phi) is 5.09. The van der Waals surface area contributed by atoms with Crippen molar-refractivity contribution in [1.29, 1.82) is 0 Å². The van der Waals surface area contributed by atoms with E-state index in [4.69, 9.17) is 11.6 Å². The zero-order chi connectivity index (χ0) is 12.8. The molecule has 2 nitrogen and oxygen atoms in total. The van der Waals surface area contributed by atoms with Crippen LogP contribution in [0.2, 0.25) is 0 Å². The van der Waals surface area contributed by atoms with Crippen molar-refractivity contribution >= 4 is 17.3 Å². The molecule has 1 aromatic carbocycles. The highest BCUT2D eigenvalue weighted by atomic mass is 35.5. The topological polar surface area (TPSA) is 15.3 Å². The lowest BCUT2D eigenvalue weighted by molar-refractivity contribution is 0.578. The van der Waals surface area contributed by atoms with Gasteiger partial charge in [0.05, 0.1) is 0 Å². The molecule has 1 N–H and O–H groups in total. The summed E-state index contributed by atoms with van der Waals surface area (Å²) in [7, 11) is 0. The van der Waals surface area contributed by atoms with Gasteiger partial charge in [0.25, 0.3) is 0 Å². The molecule has 1 aromatic rings. The molecule has 0 aromatic heterocycles. The van der Waals surface area contributed by atoms with Gasteiger partial charge in [-0.3, -0.25) is 0 Å². The predicted molar refractivity (Wildman–Crippen MR) is 79.2 cm³/mol. The first-order valence-corrected chi connectivity index (χ1v) is 7.01. The molecule has 1 saturated heterocycles. The molecule has 0 atom stereocenters. The van der Waals surface area contributed by atoms with E-state index >= 15 is 0 Å². The lowest BCUT2D eigenvalue weighted by atomic mass is 10.1. The van der Waals surface area contributed by atoms with E-state index < -0.39 is 0 Å². The van der Waals surface area contributed by atoms with Crippen LogP contribution in [0.15, 0.2) is 35.9 Å². The Hall–Kier alpha value is -0.990. The second-order valence-corrected chi connectivity index (χ2v) is 5.37. The third-order valence-corrected chi connectivity index (χ3v) is 3.44. The van der Waals surface area contributed by atoms with E-state index in [1.165, 1.54) is 43.6 Å². The summed E-state index contributed by atoms with van der Waals surface area (Å²) in [5.41, 5.74) is 2.63. The Labute approximate surface area is 115 Å². The minimum atomic E-state index is 0.653. The fourth-order valence-corrected chi connectivity index (χ4v) is 2.41. The third-order valence-electron chi connectivity index (χ3n) is 3.30.